The van der Waals surface area contributed by atoms with Gasteiger partial charge in [0.2, 0.25) is 0 Å². The molecular formula is C24H18N2O4. The van der Waals surface area contributed by atoms with Gasteiger partial charge in [0, 0.05) is 22.9 Å². The highest BCUT2D eigenvalue weighted by atomic mass is 16.5. The molecule has 0 atom stereocenters. The second-order valence-electron chi connectivity index (χ2n) is 6.37. The Labute approximate surface area is 173 Å². The molecule has 3 rings (SSSR count). The Morgan fingerprint density at radius 2 is 1.80 bits per heavy atom. The summed E-state index contributed by atoms with van der Waals surface area (Å²) in [7, 11) is 0. The molecule has 1 heterocycles. The van der Waals surface area contributed by atoms with Crippen molar-refractivity contribution in [1.82, 2.24) is 4.98 Å². The van der Waals surface area contributed by atoms with Crippen molar-refractivity contribution >= 4 is 22.7 Å². The van der Waals surface area contributed by atoms with E-state index in [0.29, 0.717) is 16.5 Å². The lowest BCUT2D eigenvalue weighted by atomic mass is 10.0. The number of aromatic nitrogens is 1. The van der Waals surface area contributed by atoms with Crippen LogP contribution in [0.3, 0.4) is 0 Å². The number of Topliss-reactive ketones (excluding diaryl/α,β-unsaturated/α-hetero) is 1. The van der Waals surface area contributed by atoms with Crippen molar-refractivity contribution in [2.24, 2.45) is 0 Å². The molecule has 0 aliphatic carbocycles. The van der Waals surface area contributed by atoms with Gasteiger partial charge >= 0.3 is 5.97 Å². The van der Waals surface area contributed by atoms with E-state index in [9.17, 15) is 20.0 Å². The average Bonchev–Trinajstić information content (AvgIpc) is 2.76. The summed E-state index contributed by atoms with van der Waals surface area (Å²) in [5.41, 5.74) is 1.59. The van der Waals surface area contributed by atoms with Crippen molar-refractivity contribution in [1.29, 1.82) is 5.26 Å². The smallest absolute Gasteiger partial charge is 0.306 e. The monoisotopic (exact) mass is 398 g/mol. The van der Waals surface area contributed by atoms with Crippen LogP contribution >= 0.6 is 0 Å². The number of carbonyl (C=O) groups is 2. The van der Waals surface area contributed by atoms with Gasteiger partial charge in [-0.05, 0) is 31.2 Å². The minimum Gasteiger partial charge on any atom is -0.504 e. The summed E-state index contributed by atoms with van der Waals surface area (Å²) >= 11 is 0. The summed E-state index contributed by atoms with van der Waals surface area (Å²) < 4.78 is 4.81. The van der Waals surface area contributed by atoms with Gasteiger partial charge in [-0.2, -0.15) is 5.26 Å². The highest BCUT2D eigenvalue weighted by molar-refractivity contribution is 6.02. The van der Waals surface area contributed by atoms with Gasteiger partial charge in [0.15, 0.2) is 11.5 Å². The Bertz CT molecular complexity index is 1220. The summed E-state index contributed by atoms with van der Waals surface area (Å²) in [6.45, 7) is 1.89. The summed E-state index contributed by atoms with van der Waals surface area (Å²) in [5, 5.41) is 20.3. The molecule has 6 nitrogen and oxygen atoms in total. The third-order valence-corrected chi connectivity index (χ3v) is 4.32. The van der Waals surface area contributed by atoms with E-state index in [1.165, 1.54) is 0 Å². The highest BCUT2D eigenvalue weighted by Gasteiger charge is 2.21. The predicted octanol–water partition coefficient (Wildman–Crippen LogP) is 3.74. The number of hydrogen-bond donors (Lipinski definition) is 1. The molecule has 0 bridgehead atoms. The van der Waals surface area contributed by atoms with E-state index in [1.54, 1.807) is 25.1 Å². The third kappa shape index (κ3) is 4.63. The minimum atomic E-state index is -0.542. The molecule has 1 N–H and O–H groups in total. The molecule has 148 valence electrons. The topological polar surface area (TPSA) is 100 Å². The maximum atomic E-state index is 12.5. The number of esters is 1. The molecule has 6 heteroatoms. The van der Waals surface area contributed by atoms with Gasteiger partial charge in [0.25, 0.3) is 0 Å². The molecular weight excluding hydrogens is 380 g/mol. The first-order valence-corrected chi connectivity index (χ1v) is 9.36. The van der Waals surface area contributed by atoms with Crippen LogP contribution in [0, 0.1) is 23.2 Å². The lowest BCUT2D eigenvalue weighted by molar-refractivity contribution is -0.143. The molecule has 0 fully saturated rings. The molecule has 0 saturated heterocycles. The number of carbonyl (C=O) groups excluding carboxylic acids is 2. The standard InChI is InChI=1S/C24H18N2O4/c1-2-30-22(28)13-12-21(27)23-24(29)19(15-25)18-11-10-17(14-20(18)26-23)9-8-16-6-4-3-5-7-16/h3-7,10-11,14,29H,2,12-13H2,1H3. The quantitative estimate of drug-likeness (QED) is 0.399. The molecule has 0 amide bonds. The van der Waals surface area contributed by atoms with Gasteiger partial charge in [-0.25, -0.2) is 4.98 Å². The predicted molar refractivity (Wildman–Crippen MR) is 111 cm³/mol. The Kier molecular flexibility index (Phi) is 6.42. The number of pyridine rings is 1. The van der Waals surface area contributed by atoms with E-state index in [0.717, 1.165) is 5.56 Å². The van der Waals surface area contributed by atoms with Gasteiger partial charge in [0.1, 0.15) is 17.3 Å². The second-order valence-corrected chi connectivity index (χ2v) is 6.37. The van der Waals surface area contributed by atoms with Crippen LogP contribution < -0.4 is 0 Å². The molecule has 0 spiro atoms. The van der Waals surface area contributed by atoms with E-state index < -0.39 is 17.5 Å². The summed E-state index contributed by atoms with van der Waals surface area (Å²) in [6, 6.07) is 16.4. The normalized spacial score (nSPS) is 10.0. The van der Waals surface area contributed by atoms with Crippen LogP contribution in [0.25, 0.3) is 10.9 Å². The van der Waals surface area contributed by atoms with Crippen molar-refractivity contribution < 1.29 is 19.4 Å². The van der Waals surface area contributed by atoms with E-state index in [-0.39, 0.29) is 30.7 Å². The van der Waals surface area contributed by atoms with Crippen molar-refractivity contribution in [3.63, 3.8) is 0 Å². The van der Waals surface area contributed by atoms with Crippen LogP contribution in [0.2, 0.25) is 0 Å². The fourth-order valence-corrected chi connectivity index (χ4v) is 2.87. The van der Waals surface area contributed by atoms with E-state index >= 15 is 0 Å². The SMILES string of the molecule is CCOC(=O)CCC(=O)c1nc2cc(C#Cc3ccccc3)ccc2c(C#N)c1O. The van der Waals surface area contributed by atoms with Crippen LogP contribution in [0.15, 0.2) is 48.5 Å². The first-order valence-electron chi connectivity index (χ1n) is 9.36. The number of aromatic hydroxyl groups is 1. The maximum Gasteiger partial charge on any atom is 0.306 e. The minimum absolute atomic E-state index is 0.0398. The van der Waals surface area contributed by atoms with Crippen LogP contribution in [-0.4, -0.2) is 28.4 Å². The van der Waals surface area contributed by atoms with Gasteiger partial charge in [-0.1, -0.05) is 36.1 Å². The highest BCUT2D eigenvalue weighted by Crippen LogP contribution is 2.30. The fraction of sp³-hybridized carbons (Fsp3) is 0.167. The largest absolute Gasteiger partial charge is 0.504 e. The van der Waals surface area contributed by atoms with Crippen LogP contribution in [0.4, 0.5) is 0 Å². The molecule has 0 aliphatic heterocycles. The van der Waals surface area contributed by atoms with Gasteiger partial charge in [-0.15, -0.1) is 0 Å². The molecule has 3 aromatic rings. The zero-order valence-electron chi connectivity index (χ0n) is 16.3. The molecule has 0 unspecified atom stereocenters. The molecule has 30 heavy (non-hydrogen) atoms. The number of rotatable bonds is 5. The molecule has 1 aromatic heterocycles. The third-order valence-electron chi connectivity index (χ3n) is 4.32. The van der Waals surface area contributed by atoms with Gasteiger partial charge < -0.3 is 9.84 Å². The molecule has 0 aliphatic rings. The molecule has 0 radical (unpaired) electrons. The van der Waals surface area contributed by atoms with Crippen LogP contribution in [-0.2, 0) is 9.53 Å². The first kappa shape index (κ1) is 20.6. The number of hydrogen-bond acceptors (Lipinski definition) is 6. The van der Waals surface area contributed by atoms with Crippen LogP contribution in [0.1, 0.15) is 46.9 Å². The zero-order chi connectivity index (χ0) is 21.5. The van der Waals surface area contributed by atoms with Gasteiger partial charge in [-0.3, -0.25) is 9.59 Å². The maximum absolute atomic E-state index is 12.5. The lowest BCUT2D eigenvalue weighted by Gasteiger charge is -2.08. The van der Waals surface area contributed by atoms with Gasteiger partial charge in [0.05, 0.1) is 18.5 Å². The lowest BCUT2D eigenvalue weighted by Crippen LogP contribution is -2.10. The molecule has 0 saturated carbocycles. The Morgan fingerprint density at radius 3 is 2.50 bits per heavy atom. The van der Waals surface area contributed by atoms with Crippen molar-refractivity contribution in [3.8, 4) is 23.7 Å². The summed E-state index contributed by atoms with van der Waals surface area (Å²) in [5.74, 6) is 4.53. The van der Waals surface area contributed by atoms with Crippen molar-refractivity contribution in [2.75, 3.05) is 6.61 Å². The fourth-order valence-electron chi connectivity index (χ4n) is 2.87. The number of nitrogens with zero attached hydrogens (tertiary/aromatic N) is 2. The van der Waals surface area contributed by atoms with Crippen LogP contribution in [0.5, 0.6) is 5.75 Å². The van der Waals surface area contributed by atoms with Crippen molar-refractivity contribution in [2.45, 2.75) is 19.8 Å². The number of benzene rings is 2. The molecule has 2 aromatic carbocycles. The zero-order valence-corrected chi connectivity index (χ0v) is 16.3. The van der Waals surface area contributed by atoms with Crippen molar-refractivity contribution in [3.05, 3.63) is 70.9 Å². The number of ketones is 1. The number of fused-ring (bicyclic) bond motifs is 1. The van der Waals surface area contributed by atoms with E-state index in [4.69, 9.17) is 4.74 Å². The van der Waals surface area contributed by atoms with E-state index in [2.05, 4.69) is 16.8 Å². The summed E-state index contributed by atoms with van der Waals surface area (Å²) in [6.07, 6.45) is -0.306. The average molecular weight is 398 g/mol. The Morgan fingerprint density at radius 1 is 1.07 bits per heavy atom. The summed E-state index contributed by atoms with van der Waals surface area (Å²) in [4.78, 5) is 28.3. The van der Waals surface area contributed by atoms with E-state index in [1.807, 2.05) is 36.4 Å². The Hall–Kier alpha value is -4.16. The second kappa shape index (κ2) is 9.36. The Balaban J connectivity index is 1.97. The first-order chi connectivity index (χ1) is 14.5. The number of ether oxygens (including phenoxy) is 1. The number of nitriles is 1.